The molecule has 0 N–H and O–H groups in total. The second-order valence-electron chi connectivity index (χ2n) is 6.77. The van der Waals surface area contributed by atoms with E-state index in [0.717, 1.165) is 16.8 Å². The SMILES string of the molecule is Cn1c(S(=O)(=O)Cc2ccc(F)cc2)nc(-c2ccccc2)c1-c1ccccc1. The highest BCUT2D eigenvalue weighted by molar-refractivity contribution is 7.90. The lowest BCUT2D eigenvalue weighted by Gasteiger charge is -2.08. The molecule has 146 valence electrons. The van der Waals surface area contributed by atoms with Gasteiger partial charge in [-0.2, -0.15) is 0 Å². The fourth-order valence-corrected chi connectivity index (χ4v) is 4.84. The van der Waals surface area contributed by atoms with Gasteiger partial charge in [0.25, 0.3) is 0 Å². The van der Waals surface area contributed by atoms with Gasteiger partial charge in [-0.25, -0.2) is 17.8 Å². The maximum Gasteiger partial charge on any atom is 0.228 e. The van der Waals surface area contributed by atoms with Gasteiger partial charge in [0, 0.05) is 18.2 Å². The van der Waals surface area contributed by atoms with Gasteiger partial charge < -0.3 is 4.57 Å². The second-order valence-corrected chi connectivity index (χ2v) is 8.65. The number of halogens is 1. The van der Waals surface area contributed by atoms with Crippen LogP contribution in [0.2, 0.25) is 0 Å². The van der Waals surface area contributed by atoms with Crippen LogP contribution >= 0.6 is 0 Å². The summed E-state index contributed by atoms with van der Waals surface area (Å²) in [6.07, 6.45) is 0. The van der Waals surface area contributed by atoms with Crippen molar-refractivity contribution in [3.8, 4) is 22.5 Å². The minimum atomic E-state index is -3.75. The minimum Gasteiger partial charge on any atom is -0.317 e. The molecule has 0 saturated carbocycles. The number of hydrogen-bond acceptors (Lipinski definition) is 3. The first-order valence-corrected chi connectivity index (χ1v) is 10.8. The van der Waals surface area contributed by atoms with E-state index in [2.05, 4.69) is 4.98 Å². The number of sulfone groups is 1. The number of benzene rings is 3. The normalized spacial score (nSPS) is 11.5. The third-order valence-corrected chi connectivity index (χ3v) is 6.33. The van der Waals surface area contributed by atoms with Gasteiger partial charge >= 0.3 is 0 Å². The van der Waals surface area contributed by atoms with Crippen molar-refractivity contribution in [2.24, 2.45) is 7.05 Å². The van der Waals surface area contributed by atoms with Crippen molar-refractivity contribution >= 4 is 9.84 Å². The Labute approximate surface area is 169 Å². The van der Waals surface area contributed by atoms with Crippen molar-refractivity contribution in [2.45, 2.75) is 10.9 Å². The summed E-state index contributed by atoms with van der Waals surface area (Å²) < 4.78 is 41.1. The summed E-state index contributed by atoms with van der Waals surface area (Å²) in [7, 11) is -2.04. The van der Waals surface area contributed by atoms with E-state index in [1.54, 1.807) is 11.6 Å². The highest BCUT2D eigenvalue weighted by Crippen LogP contribution is 2.34. The van der Waals surface area contributed by atoms with Gasteiger partial charge in [-0.3, -0.25) is 0 Å². The van der Waals surface area contributed by atoms with Crippen LogP contribution in [0.3, 0.4) is 0 Å². The first kappa shape index (κ1) is 19.1. The molecule has 4 aromatic rings. The summed E-state index contributed by atoms with van der Waals surface area (Å²) in [5, 5.41) is -0.0143. The molecule has 4 nitrogen and oxygen atoms in total. The summed E-state index contributed by atoms with van der Waals surface area (Å²) in [4.78, 5) is 4.54. The van der Waals surface area contributed by atoms with E-state index in [-0.39, 0.29) is 10.9 Å². The van der Waals surface area contributed by atoms with Crippen LogP contribution in [0.4, 0.5) is 4.39 Å². The van der Waals surface area contributed by atoms with Gasteiger partial charge in [-0.15, -0.1) is 0 Å². The van der Waals surface area contributed by atoms with E-state index in [9.17, 15) is 12.8 Å². The van der Waals surface area contributed by atoms with E-state index in [4.69, 9.17) is 0 Å². The number of hydrogen-bond donors (Lipinski definition) is 0. The third-order valence-electron chi connectivity index (χ3n) is 4.70. The first-order chi connectivity index (χ1) is 14.0. The molecule has 29 heavy (non-hydrogen) atoms. The maximum absolute atomic E-state index is 13.2. The zero-order valence-electron chi connectivity index (χ0n) is 15.8. The number of imidazole rings is 1. The minimum absolute atomic E-state index is 0.0143. The third kappa shape index (κ3) is 3.84. The van der Waals surface area contributed by atoms with Gasteiger partial charge in [0.15, 0.2) is 0 Å². The van der Waals surface area contributed by atoms with Gasteiger partial charge in [0.05, 0.1) is 17.1 Å². The highest BCUT2D eigenvalue weighted by atomic mass is 32.2. The lowest BCUT2D eigenvalue weighted by atomic mass is 10.1. The van der Waals surface area contributed by atoms with Crippen molar-refractivity contribution in [1.82, 2.24) is 9.55 Å². The van der Waals surface area contributed by atoms with E-state index in [0.29, 0.717) is 11.3 Å². The van der Waals surface area contributed by atoms with Crippen molar-refractivity contribution in [2.75, 3.05) is 0 Å². The first-order valence-electron chi connectivity index (χ1n) is 9.10. The molecule has 0 amide bonds. The molecule has 0 aliphatic carbocycles. The fourth-order valence-electron chi connectivity index (χ4n) is 3.34. The van der Waals surface area contributed by atoms with E-state index in [1.807, 2.05) is 60.7 Å². The smallest absolute Gasteiger partial charge is 0.228 e. The van der Waals surface area contributed by atoms with Crippen LogP contribution in [0.1, 0.15) is 5.56 Å². The fraction of sp³-hybridized carbons (Fsp3) is 0.0870. The van der Waals surface area contributed by atoms with Crippen LogP contribution in [-0.2, 0) is 22.6 Å². The highest BCUT2D eigenvalue weighted by Gasteiger charge is 2.26. The topological polar surface area (TPSA) is 52.0 Å². The van der Waals surface area contributed by atoms with E-state index in [1.165, 1.54) is 24.3 Å². The standard InChI is InChI=1S/C23H19FN2O2S/c1-26-22(19-10-6-3-7-11-19)21(18-8-4-2-5-9-18)25-23(26)29(27,28)16-17-12-14-20(24)15-13-17/h2-15H,16H2,1H3. The lowest BCUT2D eigenvalue weighted by molar-refractivity contribution is 0.578. The molecule has 0 atom stereocenters. The van der Waals surface area contributed by atoms with Crippen LogP contribution in [-0.4, -0.2) is 18.0 Å². The Balaban J connectivity index is 1.86. The van der Waals surface area contributed by atoms with E-state index < -0.39 is 15.7 Å². The Morgan fingerprint density at radius 3 is 1.97 bits per heavy atom. The molecule has 0 saturated heterocycles. The molecule has 0 radical (unpaired) electrons. The van der Waals surface area contributed by atoms with Crippen LogP contribution in [0.5, 0.6) is 0 Å². The Hall–Kier alpha value is -3.25. The summed E-state index contributed by atoms with van der Waals surface area (Å²) in [5.74, 6) is -0.651. The molecule has 1 heterocycles. The average molecular weight is 406 g/mol. The van der Waals surface area contributed by atoms with Gasteiger partial charge in [-0.1, -0.05) is 72.8 Å². The molecule has 0 aliphatic heterocycles. The molecule has 3 aromatic carbocycles. The van der Waals surface area contributed by atoms with Crippen molar-refractivity contribution in [3.05, 3.63) is 96.3 Å². The lowest BCUT2D eigenvalue weighted by Crippen LogP contribution is -2.11. The molecule has 0 unspecified atom stereocenters. The van der Waals surface area contributed by atoms with Gasteiger partial charge in [0.1, 0.15) is 5.82 Å². The molecule has 4 rings (SSSR count). The van der Waals surface area contributed by atoms with Gasteiger partial charge in [-0.05, 0) is 17.7 Å². The number of aromatic nitrogens is 2. The van der Waals surface area contributed by atoms with Crippen LogP contribution in [0, 0.1) is 5.82 Å². The molecule has 6 heteroatoms. The van der Waals surface area contributed by atoms with Crippen molar-refractivity contribution in [3.63, 3.8) is 0 Å². The molecule has 0 bridgehead atoms. The Morgan fingerprint density at radius 1 is 0.828 bits per heavy atom. The number of nitrogens with zero attached hydrogens (tertiary/aromatic N) is 2. The predicted molar refractivity (Wildman–Crippen MR) is 111 cm³/mol. The zero-order chi connectivity index (χ0) is 20.4. The quantitative estimate of drug-likeness (QED) is 0.475. The zero-order valence-corrected chi connectivity index (χ0v) is 16.6. The molecular formula is C23H19FN2O2S. The Kier molecular flexibility index (Phi) is 5.03. The second kappa shape index (κ2) is 7.64. The van der Waals surface area contributed by atoms with Crippen LogP contribution in [0.25, 0.3) is 22.5 Å². The molecule has 0 aliphatic rings. The summed E-state index contributed by atoms with van der Waals surface area (Å²) in [6, 6.07) is 24.6. The van der Waals surface area contributed by atoms with Crippen molar-refractivity contribution in [1.29, 1.82) is 0 Å². The molecule has 0 fully saturated rings. The van der Waals surface area contributed by atoms with Crippen molar-refractivity contribution < 1.29 is 12.8 Å². The molecular weight excluding hydrogens is 387 g/mol. The molecule has 1 aromatic heterocycles. The average Bonchev–Trinajstić information content (AvgIpc) is 3.09. The Bertz CT molecular complexity index is 1230. The van der Waals surface area contributed by atoms with E-state index >= 15 is 0 Å². The van der Waals surface area contributed by atoms with Gasteiger partial charge in [0.2, 0.25) is 15.0 Å². The monoisotopic (exact) mass is 406 g/mol. The largest absolute Gasteiger partial charge is 0.317 e. The maximum atomic E-state index is 13.2. The predicted octanol–water partition coefficient (Wildman–Crippen LogP) is 4.87. The summed E-state index contributed by atoms with van der Waals surface area (Å²) >= 11 is 0. The van der Waals surface area contributed by atoms with Crippen LogP contribution in [0.15, 0.2) is 90.1 Å². The Morgan fingerprint density at radius 2 is 1.38 bits per heavy atom. The number of rotatable bonds is 5. The molecule has 0 spiro atoms. The van der Waals surface area contributed by atoms with Crippen LogP contribution < -0.4 is 0 Å². The summed E-state index contributed by atoms with van der Waals surface area (Å²) in [6.45, 7) is 0. The summed E-state index contributed by atoms with van der Waals surface area (Å²) in [5.41, 5.74) is 3.57.